The third-order valence-corrected chi connectivity index (χ3v) is 5.66. The number of carboxylic acid groups (broad SMARTS) is 1. The molecule has 0 saturated heterocycles. The van der Waals surface area contributed by atoms with Crippen LogP contribution in [0.5, 0.6) is 0 Å². The molecule has 0 aliphatic rings. The lowest BCUT2D eigenvalue weighted by atomic mass is 10.0. The Hall–Kier alpha value is -4.53. The molecule has 0 bridgehead atoms. The van der Waals surface area contributed by atoms with Crippen LogP contribution < -0.4 is 10.7 Å². The average molecular weight is 455 g/mol. The summed E-state index contributed by atoms with van der Waals surface area (Å²) in [4.78, 5) is 32.4. The molecule has 0 radical (unpaired) electrons. The van der Waals surface area contributed by atoms with Crippen molar-refractivity contribution in [1.82, 2.24) is 19.7 Å². The quantitative estimate of drug-likeness (QED) is 0.402. The van der Waals surface area contributed by atoms with Crippen LogP contribution in [0.4, 0.5) is 5.69 Å². The van der Waals surface area contributed by atoms with Gasteiger partial charge >= 0.3 is 5.97 Å². The molecule has 0 fully saturated rings. The first-order valence-electron chi connectivity index (χ1n) is 10.6. The molecule has 9 heteroatoms. The topological polar surface area (TPSA) is 123 Å². The van der Waals surface area contributed by atoms with Crippen molar-refractivity contribution in [3.63, 3.8) is 0 Å². The van der Waals surface area contributed by atoms with E-state index in [2.05, 4.69) is 20.4 Å². The van der Waals surface area contributed by atoms with Gasteiger partial charge in [0.2, 0.25) is 0 Å². The maximum absolute atomic E-state index is 13.1. The van der Waals surface area contributed by atoms with Crippen LogP contribution in [0.2, 0.25) is 0 Å². The van der Waals surface area contributed by atoms with Crippen LogP contribution >= 0.6 is 0 Å². The predicted octanol–water partition coefficient (Wildman–Crippen LogP) is 4.32. The minimum Gasteiger partial charge on any atom is -0.476 e. The van der Waals surface area contributed by atoms with E-state index in [1.165, 1.54) is 18.6 Å². The number of rotatable bonds is 5. The van der Waals surface area contributed by atoms with E-state index in [0.717, 1.165) is 27.6 Å². The van der Waals surface area contributed by atoms with E-state index in [1.807, 2.05) is 51.4 Å². The monoisotopic (exact) mass is 455 g/mol. The van der Waals surface area contributed by atoms with Gasteiger partial charge in [0.15, 0.2) is 11.1 Å². The summed E-state index contributed by atoms with van der Waals surface area (Å²) in [5.74, 6) is -0.722. The Kier molecular flexibility index (Phi) is 5.09. The number of anilines is 1. The van der Waals surface area contributed by atoms with Crippen LogP contribution in [-0.2, 0) is 7.05 Å². The summed E-state index contributed by atoms with van der Waals surface area (Å²) in [7, 11) is 1.85. The second-order valence-electron chi connectivity index (χ2n) is 8.24. The molecule has 1 unspecified atom stereocenters. The van der Waals surface area contributed by atoms with E-state index in [1.54, 1.807) is 10.7 Å². The van der Waals surface area contributed by atoms with Crippen molar-refractivity contribution < 1.29 is 14.3 Å². The van der Waals surface area contributed by atoms with Crippen LogP contribution in [0, 0.1) is 6.92 Å². The van der Waals surface area contributed by atoms with Crippen LogP contribution in [0.3, 0.4) is 0 Å². The molecule has 1 atom stereocenters. The molecular weight excluding hydrogens is 434 g/mol. The smallest absolute Gasteiger partial charge is 0.356 e. The van der Waals surface area contributed by atoms with Crippen molar-refractivity contribution >= 4 is 33.5 Å². The maximum atomic E-state index is 13.1. The highest BCUT2D eigenvalue weighted by Crippen LogP contribution is 2.31. The summed E-state index contributed by atoms with van der Waals surface area (Å²) < 4.78 is 8.03. The van der Waals surface area contributed by atoms with E-state index in [0.29, 0.717) is 16.7 Å². The van der Waals surface area contributed by atoms with Gasteiger partial charge in [-0.3, -0.25) is 9.48 Å². The summed E-state index contributed by atoms with van der Waals surface area (Å²) in [6.07, 6.45) is 4.50. The fourth-order valence-electron chi connectivity index (χ4n) is 4.12. The maximum Gasteiger partial charge on any atom is 0.356 e. The molecule has 0 amide bonds. The zero-order valence-electron chi connectivity index (χ0n) is 18.7. The first-order chi connectivity index (χ1) is 16.3. The van der Waals surface area contributed by atoms with Gasteiger partial charge in [0.25, 0.3) is 0 Å². The van der Waals surface area contributed by atoms with Crippen molar-refractivity contribution in [2.75, 3.05) is 5.32 Å². The number of benzene rings is 2. The molecule has 3 aromatic heterocycles. The Morgan fingerprint density at radius 2 is 2.03 bits per heavy atom. The van der Waals surface area contributed by atoms with Crippen LogP contribution in [0.1, 0.15) is 34.6 Å². The molecule has 170 valence electrons. The third kappa shape index (κ3) is 3.77. The summed E-state index contributed by atoms with van der Waals surface area (Å²) in [5.41, 5.74) is 3.64. The standard InChI is InChI=1S/C25H21N5O4/c1-13-6-17(14(2)28-20-10-26-12-27-23(20)25(32)33)24-18(7-13)21(31)9-22(34-24)15-4-5-19-16(8-15)11-30(3)29-19/h4-12,14,28H,1-3H3,(H,32,33). The number of aromatic carboxylic acids is 1. The first kappa shape index (κ1) is 21.3. The Balaban J connectivity index is 1.64. The van der Waals surface area contributed by atoms with Crippen LogP contribution in [-0.4, -0.2) is 30.8 Å². The Morgan fingerprint density at radius 1 is 1.21 bits per heavy atom. The number of fused-ring (bicyclic) bond motifs is 2. The number of hydrogen-bond acceptors (Lipinski definition) is 7. The molecule has 5 aromatic rings. The molecule has 0 spiro atoms. The Bertz CT molecular complexity index is 1640. The second-order valence-corrected chi connectivity index (χ2v) is 8.24. The molecule has 5 rings (SSSR count). The van der Waals surface area contributed by atoms with Crippen molar-refractivity contribution in [1.29, 1.82) is 0 Å². The number of aromatic nitrogens is 4. The SMILES string of the molecule is Cc1cc(C(C)Nc2cncnc2C(=O)O)c2oc(-c3ccc4nn(C)cc4c3)cc(=O)c2c1. The van der Waals surface area contributed by atoms with Crippen molar-refractivity contribution in [3.05, 3.63) is 82.2 Å². The Labute approximate surface area is 193 Å². The van der Waals surface area contributed by atoms with Gasteiger partial charge in [-0.1, -0.05) is 6.07 Å². The van der Waals surface area contributed by atoms with E-state index >= 15 is 0 Å². The molecular formula is C25H21N5O4. The summed E-state index contributed by atoms with van der Waals surface area (Å²) in [5, 5.41) is 18.4. The normalized spacial score (nSPS) is 12.2. The Morgan fingerprint density at radius 3 is 2.82 bits per heavy atom. The van der Waals surface area contributed by atoms with E-state index in [-0.39, 0.29) is 16.8 Å². The van der Waals surface area contributed by atoms with Gasteiger partial charge < -0.3 is 14.8 Å². The fraction of sp³-hybridized carbons (Fsp3) is 0.160. The lowest BCUT2D eigenvalue weighted by Gasteiger charge is -2.18. The summed E-state index contributed by atoms with van der Waals surface area (Å²) in [6.45, 7) is 3.76. The summed E-state index contributed by atoms with van der Waals surface area (Å²) >= 11 is 0. The van der Waals surface area contributed by atoms with Gasteiger partial charge in [0, 0.05) is 35.8 Å². The van der Waals surface area contributed by atoms with E-state index in [4.69, 9.17) is 4.42 Å². The van der Waals surface area contributed by atoms with Gasteiger partial charge in [0.1, 0.15) is 17.7 Å². The number of aryl methyl sites for hydroxylation is 2. The van der Waals surface area contributed by atoms with Crippen molar-refractivity contribution in [2.45, 2.75) is 19.9 Å². The van der Waals surface area contributed by atoms with E-state index in [9.17, 15) is 14.7 Å². The molecule has 0 aliphatic heterocycles. The van der Waals surface area contributed by atoms with Gasteiger partial charge in [-0.25, -0.2) is 14.8 Å². The fourth-order valence-corrected chi connectivity index (χ4v) is 4.12. The molecule has 0 aliphatic carbocycles. The molecule has 9 nitrogen and oxygen atoms in total. The molecule has 34 heavy (non-hydrogen) atoms. The first-order valence-corrected chi connectivity index (χ1v) is 10.6. The number of carboxylic acids is 1. The van der Waals surface area contributed by atoms with E-state index < -0.39 is 12.0 Å². The van der Waals surface area contributed by atoms with Gasteiger partial charge in [-0.15, -0.1) is 0 Å². The lowest BCUT2D eigenvalue weighted by Crippen LogP contribution is -2.14. The molecule has 2 N–H and O–H groups in total. The molecule has 2 aromatic carbocycles. The predicted molar refractivity (Wildman–Crippen MR) is 128 cm³/mol. The number of carbonyl (C=O) groups is 1. The van der Waals surface area contributed by atoms with Gasteiger partial charge in [-0.05, 0) is 43.7 Å². The molecule has 0 saturated carbocycles. The number of hydrogen-bond donors (Lipinski definition) is 2. The highest BCUT2D eigenvalue weighted by atomic mass is 16.4. The number of nitrogens with one attached hydrogen (secondary N) is 1. The minimum absolute atomic E-state index is 0.134. The number of nitrogens with zero attached hydrogens (tertiary/aromatic N) is 4. The highest BCUT2D eigenvalue weighted by Gasteiger charge is 2.19. The van der Waals surface area contributed by atoms with Gasteiger partial charge in [0.05, 0.1) is 28.8 Å². The summed E-state index contributed by atoms with van der Waals surface area (Å²) in [6, 6.07) is 10.5. The minimum atomic E-state index is -1.16. The largest absolute Gasteiger partial charge is 0.476 e. The van der Waals surface area contributed by atoms with Crippen molar-refractivity contribution in [3.8, 4) is 11.3 Å². The zero-order chi connectivity index (χ0) is 24.0. The average Bonchev–Trinajstić information content (AvgIpc) is 3.18. The van der Waals surface area contributed by atoms with Crippen LogP contribution in [0.15, 0.2) is 64.3 Å². The highest BCUT2D eigenvalue weighted by molar-refractivity contribution is 5.92. The van der Waals surface area contributed by atoms with Crippen LogP contribution in [0.25, 0.3) is 33.2 Å². The molecule has 3 heterocycles. The third-order valence-electron chi connectivity index (χ3n) is 5.66. The van der Waals surface area contributed by atoms with Crippen molar-refractivity contribution in [2.24, 2.45) is 7.05 Å². The van der Waals surface area contributed by atoms with Gasteiger partial charge in [-0.2, -0.15) is 5.10 Å². The zero-order valence-corrected chi connectivity index (χ0v) is 18.7. The second kappa shape index (κ2) is 8.11. The lowest BCUT2D eigenvalue weighted by molar-refractivity contribution is 0.0691.